The molecule has 3 atom stereocenters. The Labute approximate surface area is 176 Å². The maximum absolute atomic E-state index is 11.1. The van der Waals surface area contributed by atoms with Gasteiger partial charge in [-0.15, -0.1) is 5.10 Å². The average molecular weight is 416 g/mol. The molecule has 3 aromatic rings. The van der Waals surface area contributed by atoms with E-state index in [1.807, 2.05) is 26.0 Å². The number of quaternary nitrogens is 1. The Bertz CT molecular complexity index is 955. The third kappa shape index (κ3) is 3.98. The smallest absolute Gasteiger partial charge is 0.235 e. The van der Waals surface area contributed by atoms with Crippen LogP contribution in [0.4, 0.5) is 0 Å². The summed E-state index contributed by atoms with van der Waals surface area (Å²) in [5, 5.41) is 15.5. The lowest BCUT2D eigenvalue weighted by Gasteiger charge is -2.37. The highest BCUT2D eigenvalue weighted by Gasteiger charge is 2.37. The zero-order chi connectivity index (χ0) is 20.5. The van der Waals surface area contributed by atoms with Crippen molar-refractivity contribution in [3.8, 4) is 11.6 Å². The lowest BCUT2D eigenvalue weighted by atomic mass is 9.89. The van der Waals surface area contributed by atoms with Crippen LogP contribution >= 0.6 is 11.3 Å². The molecule has 1 aliphatic rings. The van der Waals surface area contributed by atoms with Gasteiger partial charge in [-0.2, -0.15) is 4.52 Å². The Morgan fingerprint density at radius 1 is 1.21 bits per heavy atom. The minimum Gasteiger partial charge on any atom is -0.494 e. The maximum atomic E-state index is 11.1. The van der Waals surface area contributed by atoms with Crippen molar-refractivity contribution >= 4 is 16.3 Å². The molecule has 156 valence electrons. The molecule has 7 heteroatoms. The van der Waals surface area contributed by atoms with Crippen molar-refractivity contribution in [1.29, 1.82) is 0 Å². The van der Waals surface area contributed by atoms with Gasteiger partial charge in [0, 0.05) is 23.8 Å². The maximum Gasteiger partial charge on any atom is 0.235 e. The number of ether oxygens (including phenoxy) is 1. The molecule has 1 fully saturated rings. The molecule has 0 aliphatic carbocycles. The number of benzene rings is 1. The third-order valence-corrected chi connectivity index (χ3v) is 6.87. The van der Waals surface area contributed by atoms with Gasteiger partial charge >= 0.3 is 0 Å². The quantitative estimate of drug-likeness (QED) is 0.649. The van der Waals surface area contributed by atoms with E-state index in [-0.39, 0.29) is 11.9 Å². The van der Waals surface area contributed by atoms with Crippen LogP contribution in [0.2, 0.25) is 0 Å². The molecule has 29 heavy (non-hydrogen) atoms. The largest absolute Gasteiger partial charge is 0.494 e. The van der Waals surface area contributed by atoms with E-state index < -0.39 is 0 Å². The highest BCUT2D eigenvalue weighted by atomic mass is 32.1. The summed E-state index contributed by atoms with van der Waals surface area (Å²) < 4.78 is 7.24. The zero-order valence-electron chi connectivity index (χ0n) is 17.7. The Morgan fingerprint density at radius 2 is 1.90 bits per heavy atom. The summed E-state index contributed by atoms with van der Waals surface area (Å²) in [4.78, 5) is 7.79. The predicted octanol–water partition coefficient (Wildman–Crippen LogP) is 3.11. The van der Waals surface area contributed by atoms with E-state index >= 15 is 0 Å². The van der Waals surface area contributed by atoms with Gasteiger partial charge in [0.25, 0.3) is 0 Å². The fourth-order valence-electron chi connectivity index (χ4n) is 4.69. The van der Waals surface area contributed by atoms with Crippen LogP contribution in [0.5, 0.6) is 11.6 Å². The first-order chi connectivity index (χ1) is 14.0. The Hall–Kier alpha value is -2.12. The van der Waals surface area contributed by atoms with Crippen molar-refractivity contribution in [3.63, 3.8) is 0 Å². The molecular weight excluding hydrogens is 384 g/mol. The molecule has 1 saturated heterocycles. The number of likely N-dealkylation sites (tertiary alicyclic amines) is 1. The van der Waals surface area contributed by atoms with Crippen LogP contribution < -0.4 is 9.64 Å². The fraction of sp³-hybridized carbons (Fsp3) is 0.545. The summed E-state index contributed by atoms with van der Waals surface area (Å²) in [6.07, 6.45) is 2.03. The normalized spacial score (nSPS) is 23.4. The van der Waals surface area contributed by atoms with Gasteiger partial charge in [-0.05, 0) is 37.6 Å². The molecule has 0 bridgehead atoms. The number of aromatic hydroxyl groups is 1. The molecule has 1 aromatic carbocycles. The number of piperidine rings is 1. The van der Waals surface area contributed by atoms with Gasteiger partial charge in [-0.3, -0.25) is 0 Å². The van der Waals surface area contributed by atoms with Gasteiger partial charge in [0.05, 0.1) is 19.7 Å². The number of aromatic nitrogens is 3. The molecule has 6 nitrogen and oxygen atoms in total. The van der Waals surface area contributed by atoms with Gasteiger partial charge < -0.3 is 14.7 Å². The lowest BCUT2D eigenvalue weighted by Crippen LogP contribution is -3.14. The first-order valence-electron chi connectivity index (χ1n) is 10.6. The van der Waals surface area contributed by atoms with Gasteiger partial charge in [0.15, 0.2) is 11.9 Å². The van der Waals surface area contributed by atoms with Crippen LogP contribution in [0.1, 0.15) is 56.4 Å². The summed E-state index contributed by atoms with van der Waals surface area (Å²) in [7, 11) is 0. The van der Waals surface area contributed by atoms with Crippen LogP contribution in [0.25, 0.3) is 4.96 Å². The number of rotatable bonds is 6. The summed E-state index contributed by atoms with van der Waals surface area (Å²) in [6.45, 7) is 11.5. The van der Waals surface area contributed by atoms with E-state index in [1.165, 1.54) is 16.9 Å². The van der Waals surface area contributed by atoms with Crippen LogP contribution in [0, 0.1) is 11.8 Å². The fourth-order valence-corrected chi connectivity index (χ4v) is 5.85. The SMILES string of the molecule is CCOc1ccc([C@@H](c2sc3nc(CC)nn3c2O)[NH+]2C[C@@H](C)C[C@H](C)C2)cc1. The number of hydrogen-bond donors (Lipinski definition) is 2. The van der Waals surface area contributed by atoms with Crippen molar-refractivity contribution in [2.75, 3.05) is 19.7 Å². The van der Waals surface area contributed by atoms with E-state index in [0.29, 0.717) is 18.4 Å². The molecule has 0 radical (unpaired) electrons. The van der Waals surface area contributed by atoms with Crippen molar-refractivity contribution in [2.24, 2.45) is 11.8 Å². The summed E-state index contributed by atoms with van der Waals surface area (Å²) in [5.41, 5.74) is 1.19. The van der Waals surface area contributed by atoms with Crippen molar-refractivity contribution in [2.45, 2.75) is 46.6 Å². The highest BCUT2D eigenvalue weighted by molar-refractivity contribution is 7.17. The lowest BCUT2D eigenvalue weighted by molar-refractivity contribution is -0.936. The Morgan fingerprint density at radius 3 is 2.48 bits per heavy atom. The monoisotopic (exact) mass is 415 g/mol. The number of nitrogens with one attached hydrogen (secondary N) is 1. The standard InChI is InChI=1S/C22H30N4O2S/c1-5-18-23-22-26(24-18)21(27)20(29-22)19(25-12-14(3)11-15(4)13-25)16-7-9-17(10-8-16)28-6-2/h7-10,14-15,19,27H,5-6,11-13H2,1-4H3/p+1/t14-,15-,19-/m0/s1. The van der Waals surface area contributed by atoms with Gasteiger partial charge in [0.1, 0.15) is 10.6 Å². The van der Waals surface area contributed by atoms with E-state index in [4.69, 9.17) is 4.74 Å². The highest BCUT2D eigenvalue weighted by Crippen LogP contribution is 2.36. The van der Waals surface area contributed by atoms with Gasteiger partial charge in [-0.1, -0.05) is 32.1 Å². The summed E-state index contributed by atoms with van der Waals surface area (Å²) in [5.74, 6) is 3.20. The van der Waals surface area contributed by atoms with Crippen LogP contribution in [-0.2, 0) is 6.42 Å². The number of fused-ring (bicyclic) bond motifs is 1. The third-order valence-electron chi connectivity index (χ3n) is 5.78. The molecule has 2 N–H and O–H groups in total. The zero-order valence-corrected chi connectivity index (χ0v) is 18.5. The average Bonchev–Trinajstić information content (AvgIpc) is 3.22. The first-order valence-corrected chi connectivity index (χ1v) is 11.5. The first kappa shape index (κ1) is 20.2. The molecular formula is C22H31N4O2S+. The van der Waals surface area contributed by atoms with E-state index in [9.17, 15) is 5.11 Å². The summed E-state index contributed by atoms with van der Waals surface area (Å²) in [6, 6.07) is 8.41. The molecule has 2 aromatic heterocycles. The number of nitrogens with zero attached hydrogens (tertiary/aromatic N) is 3. The molecule has 0 unspecified atom stereocenters. The molecule has 3 heterocycles. The van der Waals surface area contributed by atoms with Gasteiger partial charge in [-0.25, -0.2) is 4.98 Å². The molecule has 1 aliphatic heterocycles. The second-order valence-corrected chi connectivity index (χ2v) is 9.32. The van der Waals surface area contributed by atoms with Crippen molar-refractivity contribution < 1.29 is 14.7 Å². The minimum absolute atomic E-state index is 0.0643. The summed E-state index contributed by atoms with van der Waals surface area (Å²) >= 11 is 1.56. The molecule has 0 spiro atoms. The number of aryl methyl sites for hydroxylation is 1. The van der Waals surface area contributed by atoms with Crippen molar-refractivity contribution in [1.82, 2.24) is 14.6 Å². The van der Waals surface area contributed by atoms with Crippen LogP contribution in [0.15, 0.2) is 24.3 Å². The predicted molar refractivity (Wildman–Crippen MR) is 115 cm³/mol. The molecule has 0 saturated carbocycles. The van der Waals surface area contributed by atoms with E-state index in [1.54, 1.807) is 15.9 Å². The Balaban J connectivity index is 1.77. The van der Waals surface area contributed by atoms with Gasteiger partial charge in [0.2, 0.25) is 10.8 Å². The van der Waals surface area contributed by atoms with Crippen LogP contribution in [-0.4, -0.2) is 39.4 Å². The van der Waals surface area contributed by atoms with E-state index in [0.717, 1.165) is 40.9 Å². The molecule has 4 rings (SSSR count). The van der Waals surface area contributed by atoms with E-state index in [2.05, 4.69) is 36.1 Å². The minimum atomic E-state index is 0.0643. The second-order valence-electron chi connectivity index (χ2n) is 8.31. The number of hydrogen-bond acceptors (Lipinski definition) is 5. The second kappa shape index (κ2) is 8.32. The Kier molecular flexibility index (Phi) is 5.79. The van der Waals surface area contributed by atoms with Crippen LogP contribution in [0.3, 0.4) is 0 Å². The topological polar surface area (TPSA) is 64.1 Å². The number of thiazole rings is 1. The molecule has 0 amide bonds. The van der Waals surface area contributed by atoms with Crippen molar-refractivity contribution in [3.05, 3.63) is 40.5 Å².